The van der Waals surface area contributed by atoms with E-state index < -0.39 is 236 Å². The van der Waals surface area contributed by atoms with E-state index in [0.717, 1.165) is 13.8 Å². The first kappa shape index (κ1) is 60.0. The number of carbonyl (C=O) groups is 2. The molecule has 6 aliphatic rings. The van der Waals surface area contributed by atoms with Crippen LogP contribution in [0.15, 0.2) is 0 Å². The highest BCUT2D eigenvalue weighted by atomic mass is 16.8. The van der Waals surface area contributed by atoms with Crippen LogP contribution in [-0.2, 0) is 61.7 Å². The van der Waals surface area contributed by atoms with Crippen molar-refractivity contribution in [3.8, 4) is 0 Å². The van der Waals surface area contributed by atoms with Crippen molar-refractivity contribution in [2.75, 3.05) is 39.6 Å². The Balaban J connectivity index is 1.30. The molecule has 33 heteroatoms. The lowest BCUT2D eigenvalue weighted by atomic mass is 9.94. The highest BCUT2D eigenvalue weighted by Crippen LogP contribution is 2.36. The summed E-state index contributed by atoms with van der Waals surface area (Å²) in [7, 11) is 0. The van der Waals surface area contributed by atoms with Crippen LogP contribution in [0.4, 0.5) is 0 Å². The number of ether oxygens (including phenoxy) is 11. The van der Waals surface area contributed by atoms with Crippen LogP contribution >= 0.6 is 0 Å². The van der Waals surface area contributed by atoms with E-state index >= 15 is 0 Å². The molecule has 0 aromatic rings. The second kappa shape index (κ2) is 26.0. The average molecular weight is 1070 g/mol. The van der Waals surface area contributed by atoms with Crippen molar-refractivity contribution in [2.24, 2.45) is 0 Å². The molecule has 0 aromatic carbocycles. The van der Waals surface area contributed by atoms with Gasteiger partial charge in [-0.2, -0.15) is 0 Å². The molecular formula is C40H68N2O31. The monoisotopic (exact) mass is 1070 g/mol. The molecule has 33 nitrogen and oxygen atoms in total. The molecule has 0 bridgehead atoms. The molecule has 0 saturated carbocycles. The summed E-state index contributed by atoms with van der Waals surface area (Å²) in [6, 6.07) is -3.46. The fourth-order valence-corrected chi connectivity index (χ4v) is 9.22. The zero-order valence-electron chi connectivity index (χ0n) is 38.9. The first-order chi connectivity index (χ1) is 34.5. The second-order valence-corrected chi connectivity index (χ2v) is 18.3. The van der Waals surface area contributed by atoms with E-state index in [2.05, 4.69) is 10.6 Å². The summed E-state index contributed by atoms with van der Waals surface area (Å²) in [6.07, 6.45) is -53.4. The summed E-state index contributed by atoms with van der Waals surface area (Å²) in [5.74, 6) is -1.68. The summed E-state index contributed by atoms with van der Waals surface area (Å²) in [5.41, 5.74) is 0. The zero-order valence-corrected chi connectivity index (χ0v) is 38.9. The van der Waals surface area contributed by atoms with E-state index in [1.807, 2.05) is 0 Å². The minimum absolute atomic E-state index is 0.811. The number of amides is 2. The largest absolute Gasteiger partial charge is 0.394 e. The van der Waals surface area contributed by atoms with Crippen LogP contribution in [0.2, 0.25) is 0 Å². The smallest absolute Gasteiger partial charge is 0.217 e. The molecule has 30 atom stereocenters. The quantitative estimate of drug-likeness (QED) is 0.0606. The summed E-state index contributed by atoms with van der Waals surface area (Å²) in [6.45, 7) is -3.66. The van der Waals surface area contributed by atoms with Gasteiger partial charge in [-0.05, 0) is 0 Å². The van der Waals surface area contributed by atoms with Gasteiger partial charge >= 0.3 is 0 Å². The lowest BCUT2D eigenvalue weighted by Gasteiger charge is -2.50. The fraction of sp³-hybridized carbons (Fsp3) is 0.950. The first-order valence-corrected chi connectivity index (χ1v) is 23.1. The van der Waals surface area contributed by atoms with E-state index in [1.165, 1.54) is 0 Å². The van der Waals surface area contributed by atoms with Gasteiger partial charge in [0.2, 0.25) is 11.8 Å². The molecule has 6 rings (SSSR count). The van der Waals surface area contributed by atoms with Crippen molar-refractivity contribution >= 4 is 11.8 Å². The molecule has 0 aromatic heterocycles. The van der Waals surface area contributed by atoms with Gasteiger partial charge in [-0.3, -0.25) is 9.59 Å². The molecular weight excluding hydrogens is 1000 g/mol. The fourth-order valence-electron chi connectivity index (χ4n) is 9.22. The lowest BCUT2D eigenvalue weighted by Crippen LogP contribution is -2.70. The molecule has 6 aliphatic heterocycles. The summed E-state index contributed by atoms with van der Waals surface area (Å²) < 4.78 is 62.9. The number of aliphatic hydroxyl groups is 18. The van der Waals surface area contributed by atoms with Crippen LogP contribution in [0.3, 0.4) is 0 Å². The van der Waals surface area contributed by atoms with Crippen LogP contribution < -0.4 is 10.6 Å². The molecule has 0 spiro atoms. The molecule has 424 valence electrons. The maximum absolute atomic E-state index is 12.7. The molecule has 73 heavy (non-hydrogen) atoms. The van der Waals surface area contributed by atoms with Gasteiger partial charge in [0.05, 0.1) is 39.6 Å². The Morgan fingerprint density at radius 2 is 0.740 bits per heavy atom. The van der Waals surface area contributed by atoms with E-state index in [0.29, 0.717) is 0 Å². The summed E-state index contributed by atoms with van der Waals surface area (Å²) >= 11 is 0. The van der Waals surface area contributed by atoms with Gasteiger partial charge < -0.3 is 155 Å². The van der Waals surface area contributed by atoms with Gasteiger partial charge in [0.15, 0.2) is 37.7 Å². The maximum atomic E-state index is 12.7. The van der Waals surface area contributed by atoms with Crippen molar-refractivity contribution in [2.45, 2.75) is 198 Å². The number of rotatable bonds is 18. The molecule has 6 fully saturated rings. The van der Waals surface area contributed by atoms with Gasteiger partial charge in [-0.15, -0.1) is 0 Å². The minimum atomic E-state index is -2.27. The summed E-state index contributed by atoms with van der Waals surface area (Å²) in [4.78, 5) is 25.2. The molecule has 0 aliphatic carbocycles. The van der Waals surface area contributed by atoms with Crippen LogP contribution in [0, 0.1) is 0 Å². The van der Waals surface area contributed by atoms with Crippen LogP contribution in [0.5, 0.6) is 0 Å². The highest BCUT2D eigenvalue weighted by Gasteiger charge is 2.57. The molecule has 0 radical (unpaired) electrons. The van der Waals surface area contributed by atoms with Crippen LogP contribution in [0.25, 0.3) is 0 Å². The Bertz CT molecular complexity index is 1740. The Kier molecular flexibility index (Phi) is 21.3. The Labute approximate surface area is 413 Å². The SMILES string of the molecule is CC(=O)N[C@H]1[C@H](OC[C@H]2O[C@@H](O[C@H]3[C@H](O)[C@@H](O)C(O)O[C@@H]3CO)[C@H](O)[C@@H](O[C@@H]3O[C@H](CO)[C@@H](O)[C@H](O[C@@H]4O[C@H](CO)[C@H](O)[C@H](O)[C@H]4O)[C@H]3NC(C)=O)[C@H]2O)O[C@H](CO)[C@@H](OC2O[C@H](CO)[C@H](O)[C@H](O)[C@H]2O)[C@@H]1O. The Hall–Kier alpha value is -2.22. The van der Waals surface area contributed by atoms with Crippen molar-refractivity contribution in [3.63, 3.8) is 0 Å². The number of carbonyl (C=O) groups excluding carboxylic acids is 2. The zero-order chi connectivity index (χ0) is 53.9. The predicted octanol–water partition coefficient (Wildman–Crippen LogP) is -13.8. The average Bonchev–Trinajstić information content (AvgIpc) is 3.35. The van der Waals surface area contributed by atoms with Gasteiger partial charge in [-0.1, -0.05) is 0 Å². The van der Waals surface area contributed by atoms with E-state index in [4.69, 9.17) is 52.1 Å². The molecule has 6 saturated heterocycles. The second-order valence-electron chi connectivity index (χ2n) is 18.3. The standard InChI is InChI=1S/C40H68N2O31/c1-9(48)41-17-23(54)31(70-38-28(59)24(55)19(50)11(3-43)66-38)15(7-47)68-36(17)63-8-16-22(53)34(30(61)40(69-16)71-32-14(6-46)64-35(62)27(58)26(32)57)73-37-18(42-10(2)49)33(21(52)13(5-45)65-37)72-39-29(60)25(56)20(51)12(4-44)67-39/h11-40,43-47,50-62H,3-8H2,1-2H3,(H,41,48)(H,42,49)/t11-,12-,13-,14-,15-,16-,17-,18-,19+,20+,21-,22+,23-,24+,25+,26-,27-,28-,29-,30-,31-,32-,33-,34+,35?,36-,37+,38?,39+,40+/m1/s1. The molecule has 2 unspecified atom stereocenters. The van der Waals surface area contributed by atoms with E-state index in [9.17, 15) is 102 Å². The Morgan fingerprint density at radius 1 is 0.356 bits per heavy atom. The van der Waals surface area contributed by atoms with Gasteiger partial charge in [0, 0.05) is 13.8 Å². The van der Waals surface area contributed by atoms with E-state index in [1.54, 1.807) is 0 Å². The van der Waals surface area contributed by atoms with Crippen molar-refractivity contribution < 1.29 is 154 Å². The minimum Gasteiger partial charge on any atom is -0.394 e. The number of aliphatic hydroxyl groups excluding tert-OH is 18. The number of nitrogens with one attached hydrogen (secondary N) is 2. The third kappa shape index (κ3) is 13.0. The van der Waals surface area contributed by atoms with E-state index in [-0.39, 0.29) is 0 Å². The van der Waals surface area contributed by atoms with Crippen molar-refractivity contribution in [3.05, 3.63) is 0 Å². The normalized spacial score (nSPS) is 49.8. The number of hydrogen-bond acceptors (Lipinski definition) is 31. The topological polar surface area (TPSA) is 524 Å². The lowest BCUT2D eigenvalue weighted by molar-refractivity contribution is -0.383. The summed E-state index contributed by atoms with van der Waals surface area (Å²) in [5, 5.41) is 196. The van der Waals surface area contributed by atoms with Crippen LogP contribution in [0.1, 0.15) is 13.8 Å². The predicted molar refractivity (Wildman–Crippen MR) is 222 cm³/mol. The first-order valence-electron chi connectivity index (χ1n) is 23.1. The highest BCUT2D eigenvalue weighted by molar-refractivity contribution is 5.73. The third-order valence-corrected chi connectivity index (χ3v) is 13.2. The third-order valence-electron chi connectivity index (χ3n) is 13.2. The van der Waals surface area contributed by atoms with Crippen LogP contribution in [-0.4, -0.2) is 327 Å². The van der Waals surface area contributed by atoms with Gasteiger partial charge in [0.25, 0.3) is 0 Å². The van der Waals surface area contributed by atoms with Gasteiger partial charge in [0.1, 0.15) is 146 Å². The van der Waals surface area contributed by atoms with Gasteiger partial charge in [-0.25, -0.2) is 0 Å². The van der Waals surface area contributed by atoms with Crippen molar-refractivity contribution in [1.29, 1.82) is 0 Å². The molecule has 2 amide bonds. The van der Waals surface area contributed by atoms with Crippen molar-refractivity contribution in [1.82, 2.24) is 10.6 Å². The number of hydrogen-bond donors (Lipinski definition) is 20. The Morgan fingerprint density at radius 3 is 1.25 bits per heavy atom. The molecule has 20 N–H and O–H groups in total. The molecule has 6 heterocycles. The maximum Gasteiger partial charge on any atom is 0.217 e.